The van der Waals surface area contributed by atoms with E-state index in [1.165, 1.54) is 6.92 Å². The zero-order valence-electron chi connectivity index (χ0n) is 21.7. The van der Waals surface area contributed by atoms with Gasteiger partial charge in [0.2, 0.25) is 0 Å². The maximum absolute atomic E-state index is 13.0. The molecule has 1 spiro atoms. The summed E-state index contributed by atoms with van der Waals surface area (Å²) in [6, 6.07) is 2.84. The van der Waals surface area contributed by atoms with Gasteiger partial charge < -0.3 is 39.8 Å². The highest BCUT2D eigenvalue weighted by molar-refractivity contribution is 5.82. The standard InChI is InChI=1S/C27H36N2O8/c1-14(30)5-7-17(28)25(32)35-15(2)24(31)36-19-9-10-27(33)20-13-16-6-8-18(34-4)22-21(16)26(27,23(19)37-22)11-12-29(20)3/h6,8-9,14-15,17,20,23,30,33H,5,7,10-13,28H2,1-4H3/t14-,15-,17-,20+,23-,26-,27+/m0/s1. The van der Waals surface area contributed by atoms with Crippen molar-refractivity contribution >= 4 is 11.9 Å². The van der Waals surface area contributed by atoms with Gasteiger partial charge in [-0.25, -0.2) is 4.79 Å². The molecule has 1 aromatic carbocycles. The maximum atomic E-state index is 13.0. The van der Waals surface area contributed by atoms with E-state index in [0.29, 0.717) is 42.9 Å². The highest BCUT2D eigenvalue weighted by atomic mass is 16.6. The van der Waals surface area contributed by atoms with E-state index < -0.39 is 47.3 Å². The van der Waals surface area contributed by atoms with Crippen LogP contribution in [0.25, 0.3) is 0 Å². The first kappa shape index (κ1) is 26.0. The van der Waals surface area contributed by atoms with Crippen LogP contribution in [0.4, 0.5) is 0 Å². The monoisotopic (exact) mass is 516 g/mol. The van der Waals surface area contributed by atoms with E-state index >= 15 is 0 Å². The number of rotatable bonds is 8. The van der Waals surface area contributed by atoms with Gasteiger partial charge in [0.15, 0.2) is 23.7 Å². The van der Waals surface area contributed by atoms with E-state index in [9.17, 15) is 19.8 Å². The molecule has 1 fully saturated rings. The topological polar surface area (TPSA) is 141 Å². The molecule has 5 rings (SSSR count). The number of likely N-dealkylation sites (tertiary alicyclic amines) is 1. The van der Waals surface area contributed by atoms with Gasteiger partial charge >= 0.3 is 11.9 Å². The van der Waals surface area contributed by atoms with Gasteiger partial charge in [-0.3, -0.25) is 4.79 Å². The molecular weight excluding hydrogens is 480 g/mol. The molecule has 7 atom stereocenters. The third-order valence-corrected chi connectivity index (χ3v) is 8.60. The average Bonchev–Trinajstić information content (AvgIpc) is 3.21. The molecule has 2 aliphatic heterocycles. The first-order valence-corrected chi connectivity index (χ1v) is 12.9. The molecule has 37 heavy (non-hydrogen) atoms. The lowest BCUT2D eigenvalue weighted by atomic mass is 9.50. The highest BCUT2D eigenvalue weighted by Gasteiger charge is 2.72. The number of nitrogens with two attached hydrogens (primary N) is 1. The zero-order valence-corrected chi connectivity index (χ0v) is 21.7. The van der Waals surface area contributed by atoms with Gasteiger partial charge in [-0.2, -0.15) is 0 Å². The molecule has 0 amide bonds. The highest BCUT2D eigenvalue weighted by Crippen LogP contribution is 2.65. The van der Waals surface area contributed by atoms with Crippen LogP contribution in [-0.2, 0) is 30.9 Å². The summed E-state index contributed by atoms with van der Waals surface area (Å²) >= 11 is 0. The number of methoxy groups -OCH3 is 1. The fourth-order valence-electron chi connectivity index (χ4n) is 6.64. The van der Waals surface area contributed by atoms with Crippen LogP contribution in [0.15, 0.2) is 24.0 Å². The van der Waals surface area contributed by atoms with E-state index in [-0.39, 0.29) is 12.5 Å². The quantitative estimate of drug-likeness (QED) is 0.428. The van der Waals surface area contributed by atoms with Gasteiger partial charge in [0, 0.05) is 18.0 Å². The van der Waals surface area contributed by atoms with Gasteiger partial charge in [-0.1, -0.05) is 6.07 Å². The van der Waals surface area contributed by atoms with Crippen LogP contribution in [0.1, 0.15) is 50.7 Å². The Labute approximate surface area is 216 Å². The van der Waals surface area contributed by atoms with Gasteiger partial charge in [-0.15, -0.1) is 0 Å². The van der Waals surface area contributed by atoms with Gasteiger partial charge in [-0.05, 0) is 70.8 Å². The van der Waals surface area contributed by atoms with Crippen molar-refractivity contribution in [1.82, 2.24) is 4.90 Å². The first-order chi connectivity index (χ1) is 17.5. The van der Waals surface area contributed by atoms with Crippen molar-refractivity contribution in [3.05, 3.63) is 35.1 Å². The Balaban J connectivity index is 1.41. The third kappa shape index (κ3) is 3.84. The molecule has 4 N–H and O–H groups in total. The summed E-state index contributed by atoms with van der Waals surface area (Å²) in [7, 11) is 3.60. The number of ether oxygens (including phenoxy) is 4. The van der Waals surface area contributed by atoms with Crippen molar-refractivity contribution in [2.45, 2.75) is 87.4 Å². The molecule has 10 nitrogen and oxygen atoms in total. The van der Waals surface area contributed by atoms with E-state index in [0.717, 1.165) is 17.7 Å². The molecule has 4 aliphatic rings. The Hall–Kier alpha value is -2.66. The normalized spacial score (nSPS) is 31.8. The second-order valence-corrected chi connectivity index (χ2v) is 10.8. The summed E-state index contributed by atoms with van der Waals surface area (Å²) < 4.78 is 23.1. The van der Waals surface area contributed by atoms with Crippen LogP contribution in [0.2, 0.25) is 0 Å². The number of carbonyl (C=O) groups excluding carboxylic acids is 2. The summed E-state index contributed by atoms with van der Waals surface area (Å²) in [6.45, 7) is 3.79. The third-order valence-electron chi connectivity index (χ3n) is 8.60. The number of carbonyl (C=O) groups is 2. The molecule has 10 heteroatoms. The van der Waals surface area contributed by atoms with Crippen LogP contribution in [-0.4, -0.2) is 83.8 Å². The molecule has 0 saturated carbocycles. The zero-order chi connectivity index (χ0) is 26.7. The van der Waals surface area contributed by atoms with Crippen LogP contribution in [0.5, 0.6) is 11.5 Å². The summed E-state index contributed by atoms with van der Waals surface area (Å²) in [5, 5.41) is 21.6. The molecule has 202 valence electrons. The number of nitrogens with zero attached hydrogens (tertiary/aromatic N) is 1. The van der Waals surface area contributed by atoms with Crippen LogP contribution < -0.4 is 15.2 Å². The van der Waals surface area contributed by atoms with E-state index in [1.54, 1.807) is 20.1 Å². The minimum atomic E-state index is -1.20. The van der Waals surface area contributed by atoms with Crippen molar-refractivity contribution in [2.24, 2.45) is 5.73 Å². The smallest absolute Gasteiger partial charge is 0.352 e. The number of aliphatic hydroxyl groups excluding tert-OH is 1. The van der Waals surface area contributed by atoms with Gasteiger partial charge in [0.1, 0.15) is 11.8 Å². The Morgan fingerprint density at radius 3 is 2.73 bits per heavy atom. The van der Waals surface area contributed by atoms with E-state index in [2.05, 4.69) is 4.90 Å². The molecule has 0 unspecified atom stereocenters. The Bertz CT molecular complexity index is 1140. The van der Waals surface area contributed by atoms with Crippen LogP contribution in [0.3, 0.4) is 0 Å². The fourth-order valence-corrected chi connectivity index (χ4v) is 6.64. The molecule has 1 aromatic rings. The molecule has 2 bridgehead atoms. The lowest BCUT2D eigenvalue weighted by molar-refractivity contribution is -0.175. The van der Waals surface area contributed by atoms with Crippen molar-refractivity contribution in [3.8, 4) is 11.5 Å². The lowest BCUT2D eigenvalue weighted by Crippen LogP contribution is -2.74. The predicted octanol–water partition coefficient (Wildman–Crippen LogP) is 0.936. The van der Waals surface area contributed by atoms with E-state index in [4.69, 9.17) is 24.7 Å². The molecule has 0 radical (unpaired) electrons. The summed E-state index contributed by atoms with van der Waals surface area (Å²) in [5.41, 5.74) is 5.98. The van der Waals surface area contributed by atoms with Gasteiger partial charge in [0.25, 0.3) is 0 Å². The Kier molecular flexibility index (Phi) is 6.50. The number of hydrogen-bond donors (Lipinski definition) is 3. The minimum Gasteiger partial charge on any atom is -0.493 e. The minimum absolute atomic E-state index is 0.115. The molecule has 0 aromatic heterocycles. The van der Waals surface area contributed by atoms with Crippen LogP contribution in [0, 0.1) is 0 Å². The Morgan fingerprint density at radius 1 is 1.27 bits per heavy atom. The van der Waals surface area contributed by atoms with Crippen molar-refractivity contribution in [3.63, 3.8) is 0 Å². The second kappa shape index (κ2) is 9.27. The van der Waals surface area contributed by atoms with Crippen molar-refractivity contribution in [1.29, 1.82) is 0 Å². The van der Waals surface area contributed by atoms with E-state index in [1.807, 2.05) is 19.2 Å². The second-order valence-electron chi connectivity index (χ2n) is 10.8. The molecule has 2 aliphatic carbocycles. The number of likely N-dealkylation sites (N-methyl/N-ethyl adjacent to an activating group) is 1. The predicted molar refractivity (Wildman–Crippen MR) is 132 cm³/mol. The lowest BCUT2D eigenvalue weighted by Gasteiger charge is -2.61. The number of benzene rings is 1. The summed E-state index contributed by atoms with van der Waals surface area (Å²) in [6.07, 6.45) is 1.37. The van der Waals surface area contributed by atoms with Crippen molar-refractivity contribution in [2.75, 3.05) is 20.7 Å². The summed E-state index contributed by atoms with van der Waals surface area (Å²) in [4.78, 5) is 27.5. The number of hydrogen-bond acceptors (Lipinski definition) is 10. The van der Waals surface area contributed by atoms with Crippen LogP contribution >= 0.6 is 0 Å². The Morgan fingerprint density at radius 2 is 2.03 bits per heavy atom. The van der Waals surface area contributed by atoms with Gasteiger partial charge in [0.05, 0.1) is 24.2 Å². The summed E-state index contributed by atoms with van der Waals surface area (Å²) in [5.74, 6) is -0.0399. The molecule has 1 saturated heterocycles. The number of esters is 2. The fraction of sp³-hybridized carbons (Fsp3) is 0.630. The molecular formula is C27H36N2O8. The largest absolute Gasteiger partial charge is 0.493 e. The maximum Gasteiger partial charge on any atom is 0.352 e. The SMILES string of the molecule is COc1ccc2c3c1O[C@H]1C(OC(=O)[C@H](C)OC(=O)[C@@H](N)CC[C@H](C)O)=CC[C@@]4(O)[C@@H](C2)N(C)CC[C@]314. The average molecular weight is 517 g/mol. The first-order valence-electron chi connectivity index (χ1n) is 12.9. The molecule has 2 heterocycles. The number of piperidine rings is 1. The number of aliphatic hydroxyl groups is 2. The van der Waals surface area contributed by atoms with Crippen molar-refractivity contribution < 1.29 is 38.7 Å².